The maximum atomic E-state index is 8.35. The predicted octanol–water partition coefficient (Wildman–Crippen LogP) is 0.608. The SMILES string of the molecule is N=C=O.N=C=O.c1ccc([SiH2]c2ccccc2)cc1. The van der Waals surface area contributed by atoms with Crippen molar-refractivity contribution in [3.8, 4) is 0 Å². The van der Waals surface area contributed by atoms with Gasteiger partial charge in [-0.1, -0.05) is 71.0 Å². The van der Waals surface area contributed by atoms with Gasteiger partial charge in [-0.15, -0.1) is 0 Å². The summed E-state index contributed by atoms with van der Waals surface area (Å²) in [6, 6.07) is 21.5. The highest BCUT2D eigenvalue weighted by atomic mass is 28.2. The van der Waals surface area contributed by atoms with Crippen molar-refractivity contribution in [3.05, 3.63) is 60.7 Å². The molecule has 96 valence electrons. The molecule has 2 aromatic rings. The van der Waals surface area contributed by atoms with E-state index in [1.165, 1.54) is 10.4 Å². The lowest BCUT2D eigenvalue weighted by atomic mass is 10.4. The summed E-state index contributed by atoms with van der Waals surface area (Å²) in [5.74, 6) is 0. The van der Waals surface area contributed by atoms with Crippen LogP contribution in [-0.4, -0.2) is 21.7 Å². The fourth-order valence-corrected chi connectivity index (χ4v) is 2.91. The van der Waals surface area contributed by atoms with E-state index in [9.17, 15) is 0 Å². The maximum absolute atomic E-state index is 8.35. The fraction of sp³-hybridized carbons (Fsp3) is 0. The average Bonchev–Trinajstić information content (AvgIpc) is 2.43. The Labute approximate surface area is 113 Å². The summed E-state index contributed by atoms with van der Waals surface area (Å²) in [6.07, 6.45) is 1.50. The second-order valence-electron chi connectivity index (χ2n) is 3.35. The van der Waals surface area contributed by atoms with Crippen LogP contribution < -0.4 is 10.4 Å². The van der Waals surface area contributed by atoms with E-state index in [1.807, 2.05) is 0 Å². The zero-order chi connectivity index (χ0) is 14.3. The molecule has 5 heteroatoms. The summed E-state index contributed by atoms with van der Waals surface area (Å²) >= 11 is 0. The van der Waals surface area contributed by atoms with Crippen molar-refractivity contribution in [2.24, 2.45) is 0 Å². The van der Waals surface area contributed by atoms with Crippen LogP contribution in [-0.2, 0) is 9.59 Å². The molecule has 0 atom stereocenters. The summed E-state index contributed by atoms with van der Waals surface area (Å²) < 4.78 is 0. The van der Waals surface area contributed by atoms with Gasteiger partial charge in [-0.25, -0.2) is 20.4 Å². The molecule has 2 rings (SSSR count). The minimum absolute atomic E-state index is 0.234. The first-order valence-corrected chi connectivity index (χ1v) is 6.85. The van der Waals surface area contributed by atoms with E-state index >= 15 is 0 Å². The molecule has 2 aromatic carbocycles. The lowest BCUT2D eigenvalue weighted by molar-refractivity contribution is 0.562. The van der Waals surface area contributed by atoms with E-state index in [4.69, 9.17) is 20.4 Å². The first kappa shape index (κ1) is 16.4. The van der Waals surface area contributed by atoms with Gasteiger partial charge in [0.15, 0.2) is 0 Å². The Morgan fingerprint density at radius 2 is 0.947 bits per heavy atom. The molecule has 0 saturated carbocycles. The molecule has 19 heavy (non-hydrogen) atoms. The van der Waals surface area contributed by atoms with Gasteiger partial charge >= 0.3 is 0 Å². The summed E-state index contributed by atoms with van der Waals surface area (Å²) in [5.41, 5.74) is 0. The Bertz CT molecular complexity index is 468. The molecule has 0 unspecified atom stereocenters. The number of rotatable bonds is 2. The Morgan fingerprint density at radius 3 is 1.21 bits per heavy atom. The first-order chi connectivity index (χ1) is 9.28. The highest BCUT2D eigenvalue weighted by Gasteiger charge is 1.93. The lowest BCUT2D eigenvalue weighted by Gasteiger charge is -1.99. The van der Waals surface area contributed by atoms with Gasteiger partial charge in [-0.3, -0.25) is 0 Å². The number of benzene rings is 2. The van der Waals surface area contributed by atoms with Crippen LogP contribution >= 0.6 is 0 Å². The molecule has 0 aliphatic heterocycles. The van der Waals surface area contributed by atoms with Gasteiger partial charge < -0.3 is 0 Å². The Hall–Kier alpha value is -2.58. The normalized spacial score (nSPS) is 7.58. The largest absolute Gasteiger partial charge is 0.231 e. The van der Waals surface area contributed by atoms with E-state index in [-0.39, 0.29) is 9.52 Å². The van der Waals surface area contributed by atoms with Crippen LogP contribution in [0.4, 0.5) is 0 Å². The quantitative estimate of drug-likeness (QED) is 0.476. The first-order valence-electron chi connectivity index (χ1n) is 5.44. The zero-order valence-electron chi connectivity index (χ0n) is 10.3. The number of isocyanates is 2. The molecule has 0 aliphatic rings. The number of carbonyl (C=O) groups excluding carboxylic acids is 2. The van der Waals surface area contributed by atoms with Gasteiger partial charge in [0.25, 0.3) is 0 Å². The van der Waals surface area contributed by atoms with Crippen LogP contribution in [0, 0.1) is 10.8 Å². The summed E-state index contributed by atoms with van der Waals surface area (Å²) in [5, 5.41) is 13.8. The van der Waals surface area contributed by atoms with Gasteiger partial charge in [-0.2, -0.15) is 0 Å². The second-order valence-corrected chi connectivity index (χ2v) is 5.34. The third kappa shape index (κ3) is 9.15. The van der Waals surface area contributed by atoms with Crippen molar-refractivity contribution >= 4 is 32.1 Å². The predicted molar refractivity (Wildman–Crippen MR) is 77.5 cm³/mol. The molecule has 0 amide bonds. The smallest absolute Gasteiger partial charge is 0.222 e. The van der Waals surface area contributed by atoms with Gasteiger partial charge in [-0.05, 0) is 0 Å². The molecule has 0 saturated heterocycles. The van der Waals surface area contributed by atoms with Crippen molar-refractivity contribution in [3.63, 3.8) is 0 Å². The lowest BCUT2D eigenvalue weighted by Crippen LogP contribution is -2.26. The molecule has 4 nitrogen and oxygen atoms in total. The molecular weight excluding hydrogens is 256 g/mol. The molecule has 2 N–H and O–H groups in total. The van der Waals surface area contributed by atoms with E-state index < -0.39 is 0 Å². The van der Waals surface area contributed by atoms with Crippen LogP contribution in [0.2, 0.25) is 0 Å². The van der Waals surface area contributed by atoms with Crippen LogP contribution in [0.5, 0.6) is 0 Å². The molecule has 0 fully saturated rings. The maximum Gasteiger partial charge on any atom is 0.231 e. The van der Waals surface area contributed by atoms with Crippen LogP contribution in [0.3, 0.4) is 0 Å². The van der Waals surface area contributed by atoms with E-state index in [1.54, 1.807) is 0 Å². The standard InChI is InChI=1S/C12H12Si.2CHNO/c1-3-7-11(8-4-1)13-12-9-5-2-6-10-12;2*2-1-3/h1-10H,13H2;2*2H. The summed E-state index contributed by atoms with van der Waals surface area (Å²) in [7, 11) is -0.234. The van der Waals surface area contributed by atoms with Crippen molar-refractivity contribution in [1.29, 1.82) is 10.8 Å². The Balaban J connectivity index is 0.000000465. The van der Waals surface area contributed by atoms with Gasteiger partial charge in [0, 0.05) is 0 Å². The van der Waals surface area contributed by atoms with Gasteiger partial charge in [0.2, 0.25) is 12.2 Å². The van der Waals surface area contributed by atoms with Crippen LogP contribution in [0.1, 0.15) is 0 Å². The Kier molecular flexibility index (Phi) is 10.3. The third-order valence-electron chi connectivity index (χ3n) is 2.09. The molecular formula is C14H14N2O2Si. The summed E-state index contributed by atoms with van der Waals surface area (Å²) in [4.78, 5) is 16.7. The van der Waals surface area contributed by atoms with Crippen molar-refractivity contribution < 1.29 is 9.59 Å². The number of hydrogen-bond acceptors (Lipinski definition) is 4. The second kappa shape index (κ2) is 11.9. The number of nitrogens with one attached hydrogen (secondary N) is 2. The highest BCUT2D eigenvalue weighted by Crippen LogP contribution is 1.84. The van der Waals surface area contributed by atoms with E-state index in [0.717, 1.165) is 12.2 Å². The monoisotopic (exact) mass is 270 g/mol. The highest BCUT2D eigenvalue weighted by molar-refractivity contribution is 6.67. The van der Waals surface area contributed by atoms with Crippen LogP contribution in [0.15, 0.2) is 60.7 Å². The van der Waals surface area contributed by atoms with Crippen molar-refractivity contribution in [1.82, 2.24) is 0 Å². The summed E-state index contributed by atoms with van der Waals surface area (Å²) in [6.45, 7) is 0. The molecule has 0 aromatic heterocycles. The molecule has 0 heterocycles. The van der Waals surface area contributed by atoms with Crippen molar-refractivity contribution in [2.45, 2.75) is 0 Å². The molecule has 0 aliphatic carbocycles. The third-order valence-corrected chi connectivity index (χ3v) is 3.85. The van der Waals surface area contributed by atoms with E-state index in [2.05, 4.69) is 60.7 Å². The minimum Gasteiger partial charge on any atom is -0.222 e. The zero-order valence-corrected chi connectivity index (χ0v) is 11.7. The minimum atomic E-state index is -0.234. The fourth-order valence-electron chi connectivity index (χ4n) is 1.43. The topological polar surface area (TPSA) is 81.8 Å². The average molecular weight is 270 g/mol. The van der Waals surface area contributed by atoms with Gasteiger partial charge in [0.1, 0.15) is 0 Å². The number of hydrogen-bond donors (Lipinski definition) is 2. The van der Waals surface area contributed by atoms with Crippen molar-refractivity contribution in [2.75, 3.05) is 0 Å². The molecule has 0 bridgehead atoms. The van der Waals surface area contributed by atoms with E-state index in [0.29, 0.717) is 0 Å². The van der Waals surface area contributed by atoms with Crippen LogP contribution in [0.25, 0.3) is 0 Å². The van der Waals surface area contributed by atoms with Gasteiger partial charge in [0.05, 0.1) is 9.52 Å². The Morgan fingerprint density at radius 1 is 0.684 bits per heavy atom. The molecule has 0 radical (unpaired) electrons. The molecule has 0 spiro atoms.